The van der Waals surface area contributed by atoms with Gasteiger partial charge in [-0.15, -0.1) is 0 Å². The minimum absolute atomic E-state index is 0.681. The normalized spacial score (nSPS) is 11.4. The molecule has 4 aromatic carbocycles. The standard InChI is InChI=1S/C28H19N2O/c31-30-24-18-10-8-16-22(24)26(28(30)20-13-5-2-6-14-20)25-21-15-7-9-17-23(21)29-27(25)19-11-3-1-4-12-19/h1-18,29H/q-1. The van der Waals surface area contributed by atoms with E-state index in [9.17, 15) is 5.21 Å². The van der Waals surface area contributed by atoms with Crippen molar-refractivity contribution in [2.75, 3.05) is 0 Å². The number of nitrogens with zero attached hydrogens (tertiary/aromatic N) is 1. The molecule has 6 aromatic rings. The molecule has 0 spiro atoms. The molecule has 0 unspecified atom stereocenters. The summed E-state index contributed by atoms with van der Waals surface area (Å²) in [5.74, 6) is 0. The monoisotopic (exact) mass is 399 g/mol. The van der Waals surface area contributed by atoms with Gasteiger partial charge in [0.1, 0.15) is 0 Å². The molecule has 3 nitrogen and oxygen atoms in total. The Bertz CT molecular complexity index is 1530. The molecular formula is C28H19N2O-. The van der Waals surface area contributed by atoms with E-state index < -0.39 is 0 Å². The topological polar surface area (TPSA) is 43.8 Å². The zero-order valence-electron chi connectivity index (χ0n) is 16.7. The maximum Gasteiger partial charge on any atom is 0.0545 e. The SMILES string of the molecule is [O-]n1c(-c2ccccc2)c(-c2c(-c3ccccc3)[nH]c3ccccc23)c2ccccc21. The van der Waals surface area contributed by atoms with Gasteiger partial charge in [-0.1, -0.05) is 97.1 Å². The third-order valence-corrected chi connectivity index (χ3v) is 5.90. The number of rotatable bonds is 3. The number of nitrogens with one attached hydrogen (secondary N) is 1. The Morgan fingerprint density at radius 3 is 1.87 bits per heavy atom. The smallest absolute Gasteiger partial charge is 0.0545 e. The zero-order valence-corrected chi connectivity index (χ0v) is 16.7. The largest absolute Gasteiger partial charge is 0.805 e. The molecule has 148 valence electrons. The van der Waals surface area contributed by atoms with Crippen molar-refractivity contribution < 1.29 is 0 Å². The summed E-state index contributed by atoms with van der Waals surface area (Å²) in [4.78, 5) is 3.62. The summed E-state index contributed by atoms with van der Waals surface area (Å²) in [5, 5.41) is 15.6. The molecule has 0 saturated heterocycles. The Morgan fingerprint density at radius 2 is 1.13 bits per heavy atom. The first-order valence-electron chi connectivity index (χ1n) is 10.4. The van der Waals surface area contributed by atoms with E-state index in [2.05, 4.69) is 29.2 Å². The van der Waals surface area contributed by atoms with Gasteiger partial charge in [0, 0.05) is 32.9 Å². The fraction of sp³-hybridized carbons (Fsp3) is 0. The number of hydrogen-bond donors (Lipinski definition) is 1. The molecule has 0 aliphatic carbocycles. The third-order valence-electron chi connectivity index (χ3n) is 5.90. The quantitative estimate of drug-likeness (QED) is 0.329. The molecule has 0 saturated carbocycles. The molecule has 1 N–H and O–H groups in total. The fourth-order valence-electron chi connectivity index (χ4n) is 4.55. The highest BCUT2D eigenvalue weighted by Gasteiger charge is 2.23. The number of fused-ring (bicyclic) bond motifs is 2. The van der Waals surface area contributed by atoms with Gasteiger partial charge in [-0.3, -0.25) is 0 Å². The number of aromatic nitrogens is 2. The molecule has 0 aliphatic rings. The van der Waals surface area contributed by atoms with Gasteiger partial charge in [0.2, 0.25) is 0 Å². The van der Waals surface area contributed by atoms with E-state index in [4.69, 9.17) is 0 Å². The van der Waals surface area contributed by atoms with E-state index in [1.807, 2.05) is 84.9 Å². The summed E-state index contributed by atoms with van der Waals surface area (Å²) < 4.78 is 1.08. The molecule has 0 bridgehead atoms. The summed E-state index contributed by atoms with van der Waals surface area (Å²) in [6.45, 7) is 0. The van der Waals surface area contributed by atoms with Crippen LogP contribution in [0.2, 0.25) is 0 Å². The molecule has 6 rings (SSSR count). The molecule has 0 atom stereocenters. The van der Waals surface area contributed by atoms with Crippen LogP contribution in [0.1, 0.15) is 0 Å². The average molecular weight is 399 g/mol. The first-order chi connectivity index (χ1) is 15.3. The van der Waals surface area contributed by atoms with Crippen molar-refractivity contribution in [3.05, 3.63) is 114 Å². The van der Waals surface area contributed by atoms with Crippen LogP contribution in [0.15, 0.2) is 109 Å². The summed E-state index contributed by atoms with van der Waals surface area (Å²) >= 11 is 0. The van der Waals surface area contributed by atoms with Crippen LogP contribution in [-0.2, 0) is 0 Å². The van der Waals surface area contributed by atoms with E-state index in [0.29, 0.717) is 11.2 Å². The second-order valence-corrected chi connectivity index (χ2v) is 7.69. The number of hydrogen-bond acceptors (Lipinski definition) is 1. The summed E-state index contributed by atoms with van der Waals surface area (Å²) in [6, 6.07) is 36.4. The molecular weight excluding hydrogens is 380 g/mol. The van der Waals surface area contributed by atoms with E-state index in [1.165, 1.54) is 0 Å². The van der Waals surface area contributed by atoms with Crippen LogP contribution in [0.5, 0.6) is 0 Å². The maximum absolute atomic E-state index is 13.5. The molecule has 0 fully saturated rings. The van der Waals surface area contributed by atoms with E-state index in [0.717, 1.165) is 49.0 Å². The zero-order chi connectivity index (χ0) is 20.8. The highest BCUT2D eigenvalue weighted by molar-refractivity contribution is 6.15. The summed E-state index contributed by atoms with van der Waals surface area (Å²) in [7, 11) is 0. The van der Waals surface area contributed by atoms with Crippen LogP contribution in [0.3, 0.4) is 0 Å². The Balaban J connectivity index is 1.81. The Kier molecular flexibility index (Phi) is 3.93. The van der Waals surface area contributed by atoms with Crippen molar-refractivity contribution in [2.24, 2.45) is 0 Å². The van der Waals surface area contributed by atoms with Crippen molar-refractivity contribution in [3.63, 3.8) is 0 Å². The molecule has 0 amide bonds. The van der Waals surface area contributed by atoms with Gasteiger partial charge in [0.15, 0.2) is 0 Å². The number of H-pyrrole nitrogens is 1. The highest BCUT2D eigenvalue weighted by Crippen LogP contribution is 2.47. The third kappa shape index (κ3) is 2.67. The predicted molar refractivity (Wildman–Crippen MR) is 129 cm³/mol. The molecule has 0 radical (unpaired) electrons. The summed E-state index contributed by atoms with van der Waals surface area (Å²) in [5.41, 5.74) is 7.47. The number of benzene rings is 4. The Labute approximate surface area is 179 Å². The highest BCUT2D eigenvalue weighted by atomic mass is 16.5. The van der Waals surface area contributed by atoms with Crippen molar-refractivity contribution in [1.82, 2.24) is 9.71 Å². The molecule has 0 aliphatic heterocycles. The van der Waals surface area contributed by atoms with Crippen molar-refractivity contribution in [1.29, 1.82) is 0 Å². The van der Waals surface area contributed by atoms with Crippen LogP contribution in [0.25, 0.3) is 55.4 Å². The first-order valence-corrected chi connectivity index (χ1v) is 10.4. The molecule has 31 heavy (non-hydrogen) atoms. The van der Waals surface area contributed by atoms with E-state index >= 15 is 0 Å². The number of para-hydroxylation sites is 2. The predicted octanol–water partition coefficient (Wildman–Crippen LogP) is 7.47. The minimum Gasteiger partial charge on any atom is -0.805 e. The van der Waals surface area contributed by atoms with Crippen LogP contribution < -0.4 is 0 Å². The lowest BCUT2D eigenvalue weighted by Crippen LogP contribution is -1.91. The van der Waals surface area contributed by atoms with Gasteiger partial charge in [-0.25, -0.2) is 0 Å². The van der Waals surface area contributed by atoms with Gasteiger partial charge >= 0.3 is 0 Å². The van der Waals surface area contributed by atoms with Crippen molar-refractivity contribution in [2.45, 2.75) is 0 Å². The second-order valence-electron chi connectivity index (χ2n) is 7.69. The molecule has 2 heterocycles. The van der Waals surface area contributed by atoms with Crippen LogP contribution in [0.4, 0.5) is 0 Å². The van der Waals surface area contributed by atoms with Crippen molar-refractivity contribution >= 4 is 21.8 Å². The molecule has 3 heteroatoms. The Morgan fingerprint density at radius 1 is 0.548 bits per heavy atom. The van der Waals surface area contributed by atoms with Crippen LogP contribution >= 0.6 is 0 Å². The lowest BCUT2D eigenvalue weighted by atomic mass is 9.94. The number of aromatic amines is 1. The van der Waals surface area contributed by atoms with Crippen molar-refractivity contribution in [3.8, 4) is 33.6 Å². The van der Waals surface area contributed by atoms with E-state index in [1.54, 1.807) is 0 Å². The second kappa shape index (κ2) is 6.92. The van der Waals surface area contributed by atoms with Gasteiger partial charge < -0.3 is 14.9 Å². The lowest BCUT2D eigenvalue weighted by Gasteiger charge is -2.16. The maximum atomic E-state index is 13.5. The van der Waals surface area contributed by atoms with Crippen LogP contribution in [-0.4, -0.2) is 9.71 Å². The van der Waals surface area contributed by atoms with Gasteiger partial charge in [-0.05, 0) is 23.3 Å². The Hall–Kier alpha value is -4.24. The van der Waals surface area contributed by atoms with Gasteiger partial charge in [0.05, 0.1) is 11.4 Å². The molecule has 2 aromatic heterocycles. The summed E-state index contributed by atoms with van der Waals surface area (Å²) in [6.07, 6.45) is 0. The van der Waals surface area contributed by atoms with E-state index in [-0.39, 0.29) is 0 Å². The minimum atomic E-state index is 0.681. The lowest BCUT2D eigenvalue weighted by molar-refractivity contribution is 1.16. The average Bonchev–Trinajstić information content (AvgIpc) is 3.35. The fourth-order valence-corrected chi connectivity index (χ4v) is 4.55. The van der Waals surface area contributed by atoms with Crippen LogP contribution in [0, 0.1) is 5.21 Å². The van der Waals surface area contributed by atoms with Gasteiger partial charge in [-0.2, -0.15) is 0 Å². The first kappa shape index (κ1) is 17.6. The van der Waals surface area contributed by atoms with Gasteiger partial charge in [0.25, 0.3) is 0 Å².